The molecule has 0 N–H and O–H groups in total. The Labute approximate surface area is 125 Å². The van der Waals surface area contributed by atoms with Gasteiger partial charge in [-0.15, -0.1) is 0 Å². The summed E-state index contributed by atoms with van der Waals surface area (Å²) in [5, 5.41) is 0. The predicted molar refractivity (Wildman–Crippen MR) is 77.2 cm³/mol. The van der Waals surface area contributed by atoms with Gasteiger partial charge in [0.1, 0.15) is 0 Å². The van der Waals surface area contributed by atoms with Crippen molar-refractivity contribution in [3.05, 3.63) is 24.3 Å². The van der Waals surface area contributed by atoms with E-state index in [4.69, 9.17) is 0 Å². The lowest BCUT2D eigenvalue weighted by Crippen LogP contribution is -2.36. The molecule has 0 unspecified atom stereocenters. The van der Waals surface area contributed by atoms with Crippen molar-refractivity contribution in [2.75, 3.05) is 7.11 Å². The highest BCUT2D eigenvalue weighted by molar-refractivity contribution is 5.85. The first-order valence-electron chi connectivity index (χ1n) is 6.89. The summed E-state index contributed by atoms with van der Waals surface area (Å²) in [5.41, 5.74) is 0.428. The standard InChI is InChI=1S/C15H22N2O4/c1-10(2)14(19)16-6-7-17(15(20)11(3)4)12(9-16)8-13(18)21-5/h6-7,9-11H,8H2,1-5H3. The number of methoxy groups -OCH3 is 1. The van der Waals surface area contributed by atoms with Gasteiger partial charge in [0.05, 0.1) is 19.2 Å². The first kappa shape index (κ1) is 16.9. The number of esters is 1. The molecular weight excluding hydrogens is 272 g/mol. The van der Waals surface area contributed by atoms with E-state index in [1.54, 1.807) is 27.7 Å². The zero-order valence-electron chi connectivity index (χ0n) is 13.1. The largest absolute Gasteiger partial charge is 0.469 e. The number of nitrogens with zero attached hydrogens (tertiary/aromatic N) is 2. The number of hydrogen-bond acceptors (Lipinski definition) is 4. The fourth-order valence-corrected chi connectivity index (χ4v) is 1.78. The van der Waals surface area contributed by atoms with Crippen molar-refractivity contribution in [2.24, 2.45) is 11.8 Å². The average molecular weight is 294 g/mol. The van der Waals surface area contributed by atoms with Crippen molar-refractivity contribution in [1.29, 1.82) is 0 Å². The molecule has 2 amide bonds. The van der Waals surface area contributed by atoms with Crippen molar-refractivity contribution >= 4 is 17.8 Å². The molecule has 0 aliphatic carbocycles. The highest BCUT2D eigenvalue weighted by Crippen LogP contribution is 2.21. The number of carbonyl (C=O) groups is 3. The highest BCUT2D eigenvalue weighted by Gasteiger charge is 2.26. The molecule has 1 aliphatic rings. The van der Waals surface area contributed by atoms with Gasteiger partial charge in [0.25, 0.3) is 0 Å². The minimum atomic E-state index is -0.463. The van der Waals surface area contributed by atoms with Crippen LogP contribution in [-0.2, 0) is 19.1 Å². The second-order valence-electron chi connectivity index (χ2n) is 5.43. The molecule has 0 fully saturated rings. The van der Waals surface area contributed by atoms with Crippen molar-refractivity contribution in [1.82, 2.24) is 9.80 Å². The minimum absolute atomic E-state index is 0.0683. The highest BCUT2D eigenvalue weighted by atomic mass is 16.5. The number of ether oxygens (including phenoxy) is 1. The molecule has 6 heteroatoms. The topological polar surface area (TPSA) is 66.9 Å². The van der Waals surface area contributed by atoms with Gasteiger partial charge >= 0.3 is 5.97 Å². The summed E-state index contributed by atoms with van der Waals surface area (Å²) < 4.78 is 4.64. The number of carbonyl (C=O) groups excluding carboxylic acids is 3. The summed E-state index contributed by atoms with van der Waals surface area (Å²) in [4.78, 5) is 38.5. The Bertz CT molecular complexity index is 492. The molecule has 1 heterocycles. The van der Waals surface area contributed by atoms with E-state index < -0.39 is 5.97 Å². The van der Waals surface area contributed by atoms with Crippen molar-refractivity contribution < 1.29 is 19.1 Å². The number of rotatable bonds is 4. The van der Waals surface area contributed by atoms with Gasteiger partial charge in [-0.25, -0.2) is 0 Å². The lowest BCUT2D eigenvalue weighted by molar-refractivity contribution is -0.140. The van der Waals surface area contributed by atoms with E-state index in [1.807, 2.05) is 0 Å². The summed E-state index contributed by atoms with van der Waals surface area (Å²) in [7, 11) is 1.28. The van der Waals surface area contributed by atoms with Crippen LogP contribution in [0.2, 0.25) is 0 Å². The minimum Gasteiger partial charge on any atom is -0.469 e. The molecule has 0 saturated carbocycles. The molecule has 0 bridgehead atoms. The van der Waals surface area contributed by atoms with Crippen molar-refractivity contribution in [3.63, 3.8) is 0 Å². The second-order valence-corrected chi connectivity index (χ2v) is 5.43. The van der Waals surface area contributed by atoms with E-state index in [-0.39, 0.29) is 30.1 Å². The molecule has 0 aromatic heterocycles. The van der Waals surface area contributed by atoms with Gasteiger partial charge in [-0.2, -0.15) is 0 Å². The van der Waals surface area contributed by atoms with Gasteiger partial charge in [0.2, 0.25) is 11.8 Å². The monoisotopic (exact) mass is 294 g/mol. The summed E-state index contributed by atoms with van der Waals surface area (Å²) >= 11 is 0. The Balaban J connectivity index is 3.05. The molecule has 0 atom stereocenters. The zero-order chi connectivity index (χ0) is 16.2. The average Bonchev–Trinajstić information content (AvgIpc) is 2.45. The SMILES string of the molecule is COC(=O)CC1=CN(C(=O)C(C)C)C=CN1C(=O)C(C)C. The number of hydrogen-bond donors (Lipinski definition) is 0. The van der Waals surface area contributed by atoms with Crippen LogP contribution in [0, 0.1) is 11.8 Å². The van der Waals surface area contributed by atoms with Gasteiger partial charge in [-0.1, -0.05) is 27.7 Å². The molecule has 1 rings (SSSR count). The van der Waals surface area contributed by atoms with Gasteiger partial charge in [0, 0.05) is 30.4 Å². The fourth-order valence-electron chi connectivity index (χ4n) is 1.78. The second kappa shape index (κ2) is 7.06. The Hall–Kier alpha value is -2.11. The van der Waals surface area contributed by atoms with Crippen LogP contribution in [0.1, 0.15) is 34.1 Å². The van der Waals surface area contributed by atoms with Crippen LogP contribution in [0.25, 0.3) is 0 Å². The molecule has 0 spiro atoms. The maximum absolute atomic E-state index is 12.2. The van der Waals surface area contributed by atoms with Crippen LogP contribution in [0.3, 0.4) is 0 Å². The Kier molecular flexibility index (Phi) is 5.69. The van der Waals surface area contributed by atoms with Crippen molar-refractivity contribution in [3.8, 4) is 0 Å². The van der Waals surface area contributed by atoms with E-state index in [0.29, 0.717) is 5.70 Å². The Morgan fingerprint density at radius 1 is 1.05 bits per heavy atom. The van der Waals surface area contributed by atoms with Gasteiger partial charge in [0.15, 0.2) is 0 Å². The molecule has 0 saturated heterocycles. The van der Waals surface area contributed by atoms with Gasteiger partial charge in [-0.3, -0.25) is 24.2 Å². The quantitative estimate of drug-likeness (QED) is 0.742. The lowest BCUT2D eigenvalue weighted by atomic mass is 10.1. The summed E-state index contributed by atoms with van der Waals surface area (Å²) in [6, 6.07) is 0. The first-order chi connectivity index (χ1) is 9.77. The van der Waals surface area contributed by atoms with E-state index >= 15 is 0 Å². The van der Waals surface area contributed by atoms with Gasteiger partial charge < -0.3 is 4.74 Å². The van der Waals surface area contributed by atoms with Crippen LogP contribution in [0.15, 0.2) is 24.3 Å². The third-order valence-corrected chi connectivity index (χ3v) is 3.01. The van der Waals surface area contributed by atoms with E-state index in [1.165, 1.54) is 35.5 Å². The number of amides is 2. The molecule has 0 radical (unpaired) electrons. The summed E-state index contributed by atoms with van der Waals surface area (Å²) in [6.45, 7) is 7.13. The lowest BCUT2D eigenvalue weighted by Gasteiger charge is -2.30. The molecule has 0 aromatic carbocycles. The van der Waals surface area contributed by atoms with E-state index in [2.05, 4.69) is 4.74 Å². The van der Waals surface area contributed by atoms with Crippen LogP contribution in [-0.4, -0.2) is 34.7 Å². The maximum Gasteiger partial charge on any atom is 0.311 e. The molecule has 1 aliphatic heterocycles. The first-order valence-corrected chi connectivity index (χ1v) is 6.89. The van der Waals surface area contributed by atoms with Crippen LogP contribution in [0.4, 0.5) is 0 Å². The zero-order valence-corrected chi connectivity index (χ0v) is 13.1. The smallest absolute Gasteiger partial charge is 0.311 e. The maximum atomic E-state index is 12.2. The molecular formula is C15H22N2O4. The summed E-state index contributed by atoms with van der Waals surface area (Å²) in [6.07, 6.45) is 4.49. The summed E-state index contributed by atoms with van der Waals surface area (Å²) in [5.74, 6) is -1.11. The van der Waals surface area contributed by atoms with Crippen LogP contribution < -0.4 is 0 Å². The third kappa shape index (κ3) is 4.18. The van der Waals surface area contributed by atoms with E-state index in [9.17, 15) is 14.4 Å². The van der Waals surface area contributed by atoms with Gasteiger partial charge in [-0.05, 0) is 0 Å². The molecule has 21 heavy (non-hydrogen) atoms. The van der Waals surface area contributed by atoms with Crippen LogP contribution >= 0.6 is 0 Å². The molecule has 0 aromatic rings. The van der Waals surface area contributed by atoms with Crippen molar-refractivity contribution in [2.45, 2.75) is 34.1 Å². The Morgan fingerprint density at radius 3 is 2.10 bits per heavy atom. The third-order valence-electron chi connectivity index (χ3n) is 3.01. The van der Waals surface area contributed by atoms with Crippen LogP contribution in [0.5, 0.6) is 0 Å². The normalized spacial score (nSPS) is 14.5. The Morgan fingerprint density at radius 2 is 1.62 bits per heavy atom. The molecule has 6 nitrogen and oxygen atoms in total. The predicted octanol–water partition coefficient (Wildman–Crippen LogP) is 1.84. The molecule has 116 valence electrons. The van der Waals surface area contributed by atoms with E-state index in [0.717, 1.165) is 0 Å². The fraction of sp³-hybridized carbons (Fsp3) is 0.533.